The van der Waals surface area contributed by atoms with Gasteiger partial charge in [0.2, 0.25) is 5.91 Å². The molecule has 1 aromatic carbocycles. The van der Waals surface area contributed by atoms with Gasteiger partial charge in [0.1, 0.15) is 11.9 Å². The smallest absolute Gasteiger partial charge is 0.246 e. The zero-order chi connectivity index (χ0) is 13.2. The molecule has 0 spiro atoms. The number of aromatic nitrogens is 1. The molecule has 2 N–H and O–H groups in total. The Hall–Kier alpha value is -2.27. The van der Waals surface area contributed by atoms with Crippen molar-refractivity contribution in [2.45, 2.75) is 12.6 Å². The molecule has 0 saturated heterocycles. The van der Waals surface area contributed by atoms with Crippen LogP contribution in [0, 0.1) is 5.82 Å². The molecule has 1 aliphatic heterocycles. The normalized spacial score (nSPS) is 17.1. The Morgan fingerprint density at radius 2 is 2.21 bits per heavy atom. The van der Waals surface area contributed by atoms with Gasteiger partial charge in [-0.15, -0.1) is 0 Å². The van der Waals surface area contributed by atoms with Crippen LogP contribution in [0.2, 0.25) is 0 Å². The zero-order valence-corrected chi connectivity index (χ0v) is 10.1. The van der Waals surface area contributed by atoms with Gasteiger partial charge in [-0.05, 0) is 24.3 Å². The average molecular weight is 257 g/mol. The average Bonchev–Trinajstić information content (AvgIpc) is 2.72. The first-order valence-electron chi connectivity index (χ1n) is 5.97. The maximum atomic E-state index is 13.1. The van der Waals surface area contributed by atoms with Crippen LogP contribution in [0.5, 0.6) is 0 Å². The number of carbonyl (C=O) groups is 1. The van der Waals surface area contributed by atoms with Crippen LogP contribution in [0.25, 0.3) is 0 Å². The maximum absolute atomic E-state index is 13.1. The first-order chi connectivity index (χ1) is 9.24. The molecule has 1 aromatic heterocycles. The Balaban J connectivity index is 1.77. The largest absolute Gasteiger partial charge is 0.324 e. The number of amides is 1. The van der Waals surface area contributed by atoms with Crippen molar-refractivity contribution in [2.75, 3.05) is 5.32 Å². The van der Waals surface area contributed by atoms with Gasteiger partial charge >= 0.3 is 0 Å². The van der Waals surface area contributed by atoms with Crippen molar-refractivity contribution < 1.29 is 9.18 Å². The minimum Gasteiger partial charge on any atom is -0.324 e. The number of nitrogens with zero attached hydrogens (tertiary/aromatic N) is 1. The van der Waals surface area contributed by atoms with E-state index in [1.54, 1.807) is 12.3 Å². The summed E-state index contributed by atoms with van der Waals surface area (Å²) < 4.78 is 13.1. The molecule has 19 heavy (non-hydrogen) atoms. The van der Waals surface area contributed by atoms with E-state index < -0.39 is 6.04 Å². The summed E-state index contributed by atoms with van der Waals surface area (Å²) in [7, 11) is 0. The first kappa shape index (κ1) is 11.8. The molecule has 0 saturated carbocycles. The van der Waals surface area contributed by atoms with Gasteiger partial charge in [-0.3, -0.25) is 15.1 Å². The van der Waals surface area contributed by atoms with E-state index in [0.717, 1.165) is 11.3 Å². The molecule has 96 valence electrons. The monoisotopic (exact) mass is 257 g/mol. The second-order valence-electron chi connectivity index (χ2n) is 4.36. The molecule has 2 heterocycles. The highest BCUT2D eigenvalue weighted by atomic mass is 19.1. The summed E-state index contributed by atoms with van der Waals surface area (Å²) in [5.41, 5.74) is 2.15. The fraction of sp³-hybridized carbons (Fsp3) is 0.143. The van der Waals surface area contributed by atoms with E-state index in [9.17, 15) is 9.18 Å². The summed E-state index contributed by atoms with van der Waals surface area (Å²) in [5, 5.41) is 5.79. The zero-order valence-electron chi connectivity index (χ0n) is 10.1. The summed E-state index contributed by atoms with van der Waals surface area (Å²) in [6.45, 7) is 0.482. The third-order valence-corrected chi connectivity index (χ3v) is 3.06. The third kappa shape index (κ3) is 2.32. The number of hydrogen-bond acceptors (Lipinski definition) is 3. The number of halogens is 1. The Labute approximate surface area is 109 Å². The van der Waals surface area contributed by atoms with Crippen molar-refractivity contribution in [1.82, 2.24) is 10.3 Å². The molecular formula is C14H12FN3O. The van der Waals surface area contributed by atoms with Gasteiger partial charge in [0.05, 0.1) is 5.69 Å². The molecule has 3 rings (SSSR count). The summed E-state index contributed by atoms with van der Waals surface area (Å²) in [6, 6.07) is 9.46. The molecule has 5 heteroatoms. The first-order valence-corrected chi connectivity index (χ1v) is 5.97. The topological polar surface area (TPSA) is 54.0 Å². The van der Waals surface area contributed by atoms with Gasteiger partial charge in [0.25, 0.3) is 0 Å². The lowest BCUT2D eigenvalue weighted by atomic mass is 10.1. The van der Waals surface area contributed by atoms with E-state index in [0.29, 0.717) is 12.2 Å². The molecule has 0 radical (unpaired) electrons. The molecule has 1 unspecified atom stereocenters. The summed E-state index contributed by atoms with van der Waals surface area (Å²) in [4.78, 5) is 16.0. The fourth-order valence-electron chi connectivity index (χ4n) is 2.15. The van der Waals surface area contributed by atoms with Crippen LogP contribution in [-0.2, 0) is 11.3 Å². The van der Waals surface area contributed by atoms with Gasteiger partial charge in [0, 0.05) is 24.0 Å². The van der Waals surface area contributed by atoms with Gasteiger partial charge in [-0.1, -0.05) is 12.1 Å². The summed E-state index contributed by atoms with van der Waals surface area (Å²) in [6.07, 6.45) is 1.70. The SMILES string of the molecule is O=C1Nc2cc(F)ccc2C1NCc1ccccn1. The van der Waals surface area contributed by atoms with Crippen molar-refractivity contribution in [1.29, 1.82) is 0 Å². The van der Waals surface area contributed by atoms with E-state index in [2.05, 4.69) is 15.6 Å². The minimum absolute atomic E-state index is 0.170. The molecule has 0 bridgehead atoms. The van der Waals surface area contributed by atoms with Crippen LogP contribution in [0.1, 0.15) is 17.3 Å². The van der Waals surface area contributed by atoms with E-state index in [1.807, 2.05) is 18.2 Å². The molecule has 1 atom stereocenters. The summed E-state index contributed by atoms with van der Waals surface area (Å²) >= 11 is 0. The summed E-state index contributed by atoms with van der Waals surface area (Å²) in [5.74, 6) is -0.527. The Morgan fingerprint density at radius 3 is 3.00 bits per heavy atom. The van der Waals surface area contributed by atoms with E-state index in [4.69, 9.17) is 0 Å². The second-order valence-corrected chi connectivity index (χ2v) is 4.36. The quantitative estimate of drug-likeness (QED) is 0.884. The highest BCUT2D eigenvalue weighted by Crippen LogP contribution is 2.31. The van der Waals surface area contributed by atoms with Crippen molar-refractivity contribution >= 4 is 11.6 Å². The molecule has 1 amide bonds. The molecular weight excluding hydrogens is 245 g/mol. The van der Waals surface area contributed by atoms with Crippen LogP contribution in [-0.4, -0.2) is 10.9 Å². The van der Waals surface area contributed by atoms with Crippen LogP contribution < -0.4 is 10.6 Å². The van der Waals surface area contributed by atoms with Gasteiger partial charge in [-0.2, -0.15) is 0 Å². The Morgan fingerprint density at radius 1 is 1.32 bits per heavy atom. The van der Waals surface area contributed by atoms with E-state index in [-0.39, 0.29) is 11.7 Å². The van der Waals surface area contributed by atoms with Crippen LogP contribution in [0.4, 0.5) is 10.1 Å². The Kier molecular flexibility index (Phi) is 2.97. The third-order valence-electron chi connectivity index (χ3n) is 3.06. The molecule has 0 aliphatic carbocycles. The highest BCUT2D eigenvalue weighted by molar-refractivity contribution is 6.02. The Bertz CT molecular complexity index is 615. The number of benzene rings is 1. The lowest BCUT2D eigenvalue weighted by Gasteiger charge is -2.10. The number of carbonyl (C=O) groups excluding carboxylic acids is 1. The lowest BCUT2D eigenvalue weighted by Crippen LogP contribution is -2.27. The van der Waals surface area contributed by atoms with E-state index in [1.165, 1.54) is 12.1 Å². The van der Waals surface area contributed by atoms with Crippen molar-refractivity contribution in [3.8, 4) is 0 Å². The highest BCUT2D eigenvalue weighted by Gasteiger charge is 2.30. The number of hydrogen-bond donors (Lipinski definition) is 2. The predicted octanol–water partition coefficient (Wildman–Crippen LogP) is 2.00. The molecule has 4 nitrogen and oxygen atoms in total. The second kappa shape index (κ2) is 4.78. The van der Waals surface area contributed by atoms with Gasteiger partial charge in [0.15, 0.2) is 0 Å². The van der Waals surface area contributed by atoms with Crippen LogP contribution in [0.3, 0.4) is 0 Å². The van der Waals surface area contributed by atoms with Crippen molar-refractivity contribution in [3.63, 3.8) is 0 Å². The lowest BCUT2D eigenvalue weighted by molar-refractivity contribution is -0.117. The molecule has 1 aliphatic rings. The van der Waals surface area contributed by atoms with Crippen LogP contribution >= 0.6 is 0 Å². The molecule has 0 fully saturated rings. The minimum atomic E-state index is -0.461. The number of anilines is 1. The van der Waals surface area contributed by atoms with Gasteiger partial charge < -0.3 is 5.32 Å². The number of fused-ring (bicyclic) bond motifs is 1. The van der Waals surface area contributed by atoms with Gasteiger partial charge in [-0.25, -0.2) is 4.39 Å². The maximum Gasteiger partial charge on any atom is 0.246 e. The number of rotatable bonds is 3. The standard InChI is InChI=1S/C14H12FN3O/c15-9-4-5-11-12(7-9)18-14(19)13(11)17-8-10-3-1-2-6-16-10/h1-7,13,17H,8H2,(H,18,19). The number of nitrogens with one attached hydrogen (secondary N) is 2. The van der Waals surface area contributed by atoms with E-state index >= 15 is 0 Å². The van der Waals surface area contributed by atoms with Crippen molar-refractivity contribution in [3.05, 3.63) is 59.7 Å². The fourth-order valence-corrected chi connectivity index (χ4v) is 2.15. The predicted molar refractivity (Wildman–Crippen MR) is 68.8 cm³/mol. The van der Waals surface area contributed by atoms with Crippen LogP contribution in [0.15, 0.2) is 42.6 Å². The van der Waals surface area contributed by atoms with Crippen molar-refractivity contribution in [2.24, 2.45) is 0 Å². The number of pyridine rings is 1. The molecule has 2 aromatic rings.